The van der Waals surface area contributed by atoms with E-state index in [9.17, 15) is 9.59 Å². The fourth-order valence-corrected chi connectivity index (χ4v) is 2.95. The Labute approximate surface area is 181 Å². The number of halogens is 1. The first kappa shape index (κ1) is 22.9. The summed E-state index contributed by atoms with van der Waals surface area (Å²) in [6, 6.07) is 14.6. The molecule has 0 unspecified atom stereocenters. The van der Waals surface area contributed by atoms with Crippen LogP contribution in [0, 0.1) is 12.8 Å². The lowest BCUT2D eigenvalue weighted by Crippen LogP contribution is -2.49. The summed E-state index contributed by atoms with van der Waals surface area (Å²) in [5.41, 5.74) is 2.11. The molecule has 0 saturated heterocycles. The molecule has 29 heavy (non-hydrogen) atoms. The highest BCUT2D eigenvalue weighted by atomic mass is 79.9. The monoisotopic (exact) mass is 460 g/mol. The topological polar surface area (TPSA) is 58.6 Å². The van der Waals surface area contributed by atoms with Gasteiger partial charge in [0.05, 0.1) is 0 Å². The third kappa shape index (κ3) is 7.54. The van der Waals surface area contributed by atoms with Crippen molar-refractivity contribution in [1.82, 2.24) is 10.2 Å². The van der Waals surface area contributed by atoms with Crippen molar-refractivity contribution in [2.24, 2.45) is 5.92 Å². The molecule has 0 fully saturated rings. The number of aryl methyl sites for hydroxylation is 1. The molecule has 6 heteroatoms. The van der Waals surface area contributed by atoms with Gasteiger partial charge < -0.3 is 15.0 Å². The molecule has 0 saturated carbocycles. The standard InChI is InChI=1S/C23H29BrN2O3/c1-16(2)13-25-23(28)18(4)26(14-19-7-5-17(3)6-8-19)22(27)15-29-21-11-9-20(24)10-12-21/h5-12,16,18H,13-15H2,1-4H3,(H,25,28)/t18-/m1/s1. The predicted molar refractivity (Wildman–Crippen MR) is 119 cm³/mol. The smallest absolute Gasteiger partial charge is 0.261 e. The average molecular weight is 461 g/mol. The highest BCUT2D eigenvalue weighted by Gasteiger charge is 2.26. The molecule has 2 aromatic carbocycles. The molecule has 0 bridgehead atoms. The van der Waals surface area contributed by atoms with Gasteiger partial charge in [-0.15, -0.1) is 0 Å². The number of carbonyl (C=O) groups excluding carboxylic acids is 2. The molecule has 0 heterocycles. The Balaban J connectivity index is 2.10. The summed E-state index contributed by atoms with van der Waals surface area (Å²) in [6.45, 7) is 8.63. The number of amides is 2. The summed E-state index contributed by atoms with van der Waals surface area (Å²) in [7, 11) is 0. The van der Waals surface area contributed by atoms with Gasteiger partial charge >= 0.3 is 0 Å². The van der Waals surface area contributed by atoms with E-state index in [1.807, 2.05) is 57.2 Å². The van der Waals surface area contributed by atoms with E-state index in [1.54, 1.807) is 24.0 Å². The third-order valence-electron chi connectivity index (χ3n) is 4.50. The molecule has 0 spiro atoms. The van der Waals surface area contributed by atoms with Gasteiger partial charge in [0.25, 0.3) is 5.91 Å². The van der Waals surface area contributed by atoms with E-state index >= 15 is 0 Å². The minimum atomic E-state index is -0.601. The zero-order valence-corrected chi connectivity index (χ0v) is 19.0. The van der Waals surface area contributed by atoms with Crippen LogP contribution >= 0.6 is 15.9 Å². The fourth-order valence-electron chi connectivity index (χ4n) is 2.68. The van der Waals surface area contributed by atoms with Gasteiger partial charge in [0.15, 0.2) is 6.61 Å². The van der Waals surface area contributed by atoms with Crippen molar-refractivity contribution in [2.75, 3.05) is 13.2 Å². The lowest BCUT2D eigenvalue weighted by molar-refractivity contribution is -0.142. The van der Waals surface area contributed by atoms with Gasteiger partial charge in [-0.25, -0.2) is 0 Å². The second-order valence-corrected chi connectivity index (χ2v) is 8.48. The van der Waals surface area contributed by atoms with Crippen molar-refractivity contribution in [3.8, 4) is 5.75 Å². The van der Waals surface area contributed by atoms with E-state index in [0.717, 1.165) is 15.6 Å². The van der Waals surface area contributed by atoms with Crippen molar-refractivity contribution in [3.05, 3.63) is 64.1 Å². The highest BCUT2D eigenvalue weighted by Crippen LogP contribution is 2.17. The summed E-state index contributed by atoms with van der Waals surface area (Å²) in [5, 5.41) is 2.91. The molecule has 2 amide bonds. The van der Waals surface area contributed by atoms with Gasteiger partial charge in [0.1, 0.15) is 11.8 Å². The number of carbonyl (C=O) groups is 2. The lowest BCUT2D eigenvalue weighted by atomic mass is 10.1. The SMILES string of the molecule is Cc1ccc(CN(C(=O)COc2ccc(Br)cc2)[C@H](C)C(=O)NCC(C)C)cc1. The van der Waals surface area contributed by atoms with Crippen LogP contribution in [0.25, 0.3) is 0 Å². The Hall–Kier alpha value is -2.34. The molecule has 0 radical (unpaired) electrons. The van der Waals surface area contributed by atoms with E-state index in [0.29, 0.717) is 24.8 Å². The molecule has 2 rings (SSSR count). The molecular formula is C23H29BrN2O3. The molecule has 0 aliphatic carbocycles. The van der Waals surface area contributed by atoms with Crippen LogP contribution in [0.3, 0.4) is 0 Å². The Kier molecular flexibility index (Phi) is 8.70. The van der Waals surface area contributed by atoms with Crippen LogP contribution in [0.1, 0.15) is 31.9 Å². The largest absolute Gasteiger partial charge is 0.484 e. The van der Waals surface area contributed by atoms with Crippen molar-refractivity contribution >= 4 is 27.7 Å². The van der Waals surface area contributed by atoms with Crippen molar-refractivity contribution < 1.29 is 14.3 Å². The van der Waals surface area contributed by atoms with Crippen LogP contribution < -0.4 is 10.1 Å². The van der Waals surface area contributed by atoms with Gasteiger partial charge in [0.2, 0.25) is 5.91 Å². The summed E-state index contributed by atoms with van der Waals surface area (Å²) in [6.07, 6.45) is 0. The van der Waals surface area contributed by atoms with Crippen molar-refractivity contribution in [3.63, 3.8) is 0 Å². The Morgan fingerprint density at radius 2 is 1.66 bits per heavy atom. The maximum atomic E-state index is 13.0. The highest BCUT2D eigenvalue weighted by molar-refractivity contribution is 9.10. The second-order valence-electron chi connectivity index (χ2n) is 7.56. The Morgan fingerprint density at radius 3 is 2.24 bits per heavy atom. The van der Waals surface area contributed by atoms with E-state index in [1.165, 1.54) is 0 Å². The van der Waals surface area contributed by atoms with Gasteiger partial charge in [-0.1, -0.05) is 59.6 Å². The molecule has 0 aliphatic heterocycles. The molecule has 5 nitrogen and oxygen atoms in total. The average Bonchev–Trinajstić information content (AvgIpc) is 2.70. The molecular weight excluding hydrogens is 432 g/mol. The zero-order valence-electron chi connectivity index (χ0n) is 17.4. The maximum absolute atomic E-state index is 13.0. The normalized spacial score (nSPS) is 11.8. The van der Waals surface area contributed by atoms with Crippen LogP contribution in [0.4, 0.5) is 0 Å². The van der Waals surface area contributed by atoms with Crippen molar-refractivity contribution in [1.29, 1.82) is 0 Å². The number of rotatable bonds is 9. The lowest BCUT2D eigenvalue weighted by Gasteiger charge is -2.29. The van der Waals surface area contributed by atoms with E-state index in [4.69, 9.17) is 4.74 Å². The first-order chi connectivity index (χ1) is 13.8. The number of nitrogens with one attached hydrogen (secondary N) is 1. The summed E-state index contributed by atoms with van der Waals surface area (Å²) >= 11 is 3.38. The molecule has 156 valence electrons. The summed E-state index contributed by atoms with van der Waals surface area (Å²) in [5.74, 6) is 0.547. The molecule has 0 aromatic heterocycles. The molecule has 1 N–H and O–H groups in total. The van der Waals surface area contributed by atoms with Crippen LogP contribution in [0.5, 0.6) is 5.75 Å². The van der Waals surface area contributed by atoms with Crippen molar-refractivity contribution in [2.45, 2.75) is 40.3 Å². The quantitative estimate of drug-likeness (QED) is 0.605. The minimum absolute atomic E-state index is 0.130. The number of hydrogen-bond acceptors (Lipinski definition) is 3. The minimum Gasteiger partial charge on any atom is -0.484 e. The maximum Gasteiger partial charge on any atom is 0.261 e. The summed E-state index contributed by atoms with van der Waals surface area (Å²) < 4.78 is 6.58. The zero-order chi connectivity index (χ0) is 21.4. The van der Waals surface area contributed by atoms with E-state index in [2.05, 4.69) is 21.2 Å². The van der Waals surface area contributed by atoms with Gasteiger partial charge in [-0.2, -0.15) is 0 Å². The Bertz CT molecular complexity index is 804. The van der Waals surface area contributed by atoms with E-state index < -0.39 is 6.04 Å². The van der Waals surface area contributed by atoms with Crippen LogP contribution in [-0.4, -0.2) is 35.9 Å². The van der Waals surface area contributed by atoms with Gasteiger partial charge in [0, 0.05) is 17.6 Å². The molecule has 0 aliphatic rings. The number of hydrogen-bond donors (Lipinski definition) is 1. The third-order valence-corrected chi connectivity index (χ3v) is 5.03. The van der Waals surface area contributed by atoms with Gasteiger partial charge in [-0.05, 0) is 49.6 Å². The number of ether oxygens (including phenoxy) is 1. The summed E-state index contributed by atoms with van der Waals surface area (Å²) in [4.78, 5) is 27.1. The second kappa shape index (κ2) is 11.0. The number of benzene rings is 2. The van der Waals surface area contributed by atoms with Crippen LogP contribution in [-0.2, 0) is 16.1 Å². The number of nitrogens with zero attached hydrogens (tertiary/aromatic N) is 1. The Morgan fingerprint density at radius 1 is 1.03 bits per heavy atom. The van der Waals surface area contributed by atoms with Crippen LogP contribution in [0.15, 0.2) is 53.0 Å². The molecule has 1 atom stereocenters. The predicted octanol–water partition coefficient (Wildman–Crippen LogP) is 4.33. The van der Waals surface area contributed by atoms with Gasteiger partial charge in [-0.3, -0.25) is 9.59 Å². The first-order valence-electron chi connectivity index (χ1n) is 9.77. The fraction of sp³-hybridized carbons (Fsp3) is 0.391. The van der Waals surface area contributed by atoms with E-state index in [-0.39, 0.29) is 18.4 Å². The molecule has 2 aromatic rings. The van der Waals surface area contributed by atoms with Crippen LogP contribution in [0.2, 0.25) is 0 Å². The first-order valence-corrected chi connectivity index (χ1v) is 10.6.